The fourth-order valence-electron chi connectivity index (χ4n) is 1.63. The average Bonchev–Trinajstić information content (AvgIpc) is 2.51. The van der Waals surface area contributed by atoms with E-state index in [1.807, 2.05) is 25.6 Å². The first-order valence-corrected chi connectivity index (χ1v) is 6.06. The van der Waals surface area contributed by atoms with E-state index in [2.05, 4.69) is 23.9 Å². The highest BCUT2D eigenvalue weighted by Gasteiger charge is 2.10. The Bertz CT molecular complexity index is 382. The molecule has 0 unspecified atom stereocenters. The van der Waals surface area contributed by atoms with Crippen LogP contribution in [0.15, 0.2) is 12.2 Å². The molecular formula is C13H23N3O. The maximum Gasteiger partial charge on any atom is 0.163 e. The molecule has 0 aliphatic rings. The topological polar surface area (TPSA) is 39.1 Å². The van der Waals surface area contributed by atoms with Gasteiger partial charge in [-0.15, -0.1) is 0 Å². The molecule has 96 valence electrons. The van der Waals surface area contributed by atoms with Crippen molar-refractivity contribution in [1.82, 2.24) is 15.1 Å². The van der Waals surface area contributed by atoms with E-state index in [4.69, 9.17) is 4.74 Å². The smallest absolute Gasteiger partial charge is 0.163 e. The molecule has 0 aliphatic heterocycles. The molecule has 0 bridgehead atoms. The summed E-state index contributed by atoms with van der Waals surface area (Å²) in [6.45, 7) is 12.5. The summed E-state index contributed by atoms with van der Waals surface area (Å²) in [5, 5.41) is 7.62. The van der Waals surface area contributed by atoms with Gasteiger partial charge >= 0.3 is 0 Å². The van der Waals surface area contributed by atoms with Gasteiger partial charge in [0.2, 0.25) is 0 Å². The lowest BCUT2D eigenvalue weighted by atomic mass is 10.3. The standard InChI is InChI=1S/C13H23N3O/c1-6-7-14-8-10(2)9-17-13-11(3)15-16(5)12(13)4/h14H,2,6-9H2,1,3-5H3. The molecule has 17 heavy (non-hydrogen) atoms. The third-order valence-corrected chi connectivity index (χ3v) is 2.67. The summed E-state index contributed by atoms with van der Waals surface area (Å²) in [7, 11) is 1.92. The maximum atomic E-state index is 5.76. The lowest BCUT2D eigenvalue weighted by Crippen LogP contribution is -2.20. The van der Waals surface area contributed by atoms with E-state index >= 15 is 0 Å². The summed E-state index contributed by atoms with van der Waals surface area (Å²) in [6.07, 6.45) is 1.13. The van der Waals surface area contributed by atoms with Crippen LogP contribution in [0.5, 0.6) is 5.75 Å². The van der Waals surface area contributed by atoms with E-state index in [0.29, 0.717) is 6.61 Å². The number of nitrogens with one attached hydrogen (secondary N) is 1. The van der Waals surface area contributed by atoms with Crippen LogP contribution in [0.25, 0.3) is 0 Å². The summed E-state index contributed by atoms with van der Waals surface area (Å²) in [5.41, 5.74) is 3.04. The minimum Gasteiger partial charge on any atom is -0.485 e. The first-order valence-electron chi connectivity index (χ1n) is 6.06. The number of hydrogen-bond donors (Lipinski definition) is 1. The molecule has 0 atom stereocenters. The predicted molar refractivity (Wildman–Crippen MR) is 70.5 cm³/mol. The lowest BCUT2D eigenvalue weighted by Gasteiger charge is -2.09. The van der Waals surface area contributed by atoms with Crippen LogP contribution < -0.4 is 10.1 Å². The second-order valence-electron chi connectivity index (χ2n) is 4.34. The van der Waals surface area contributed by atoms with E-state index in [1.165, 1.54) is 0 Å². The molecule has 0 saturated heterocycles. The number of rotatable bonds is 7. The average molecular weight is 237 g/mol. The van der Waals surface area contributed by atoms with Crippen LogP contribution in [0.4, 0.5) is 0 Å². The number of aromatic nitrogens is 2. The molecule has 1 aromatic heterocycles. The third kappa shape index (κ3) is 3.89. The molecule has 4 heteroatoms. The van der Waals surface area contributed by atoms with Gasteiger partial charge in [0.1, 0.15) is 12.3 Å². The molecule has 1 rings (SSSR count). The monoisotopic (exact) mass is 237 g/mol. The summed E-state index contributed by atoms with van der Waals surface area (Å²) in [4.78, 5) is 0. The van der Waals surface area contributed by atoms with Gasteiger partial charge in [0.25, 0.3) is 0 Å². The molecule has 0 saturated carbocycles. The number of nitrogens with zero attached hydrogens (tertiary/aromatic N) is 2. The van der Waals surface area contributed by atoms with E-state index in [0.717, 1.165) is 42.2 Å². The molecule has 1 heterocycles. The Morgan fingerprint density at radius 2 is 2.18 bits per heavy atom. The van der Waals surface area contributed by atoms with Crippen molar-refractivity contribution in [2.45, 2.75) is 27.2 Å². The minimum absolute atomic E-state index is 0.546. The van der Waals surface area contributed by atoms with Gasteiger partial charge in [-0.2, -0.15) is 5.10 Å². The Hall–Kier alpha value is -1.29. The van der Waals surface area contributed by atoms with Gasteiger partial charge < -0.3 is 10.1 Å². The Morgan fingerprint density at radius 3 is 2.71 bits per heavy atom. The second kappa shape index (κ2) is 6.45. The van der Waals surface area contributed by atoms with Crippen molar-refractivity contribution in [1.29, 1.82) is 0 Å². The molecule has 4 nitrogen and oxygen atoms in total. The van der Waals surface area contributed by atoms with Crippen molar-refractivity contribution in [3.8, 4) is 5.75 Å². The summed E-state index contributed by atoms with van der Waals surface area (Å²) >= 11 is 0. The van der Waals surface area contributed by atoms with Crippen LogP contribution in [0.2, 0.25) is 0 Å². The lowest BCUT2D eigenvalue weighted by molar-refractivity contribution is 0.343. The van der Waals surface area contributed by atoms with Crippen molar-refractivity contribution < 1.29 is 4.74 Å². The van der Waals surface area contributed by atoms with E-state index in [-0.39, 0.29) is 0 Å². The molecule has 0 spiro atoms. The van der Waals surface area contributed by atoms with Gasteiger partial charge in [-0.1, -0.05) is 13.5 Å². The van der Waals surface area contributed by atoms with Crippen molar-refractivity contribution >= 4 is 0 Å². The molecule has 1 N–H and O–H groups in total. The highest BCUT2D eigenvalue weighted by Crippen LogP contribution is 2.21. The van der Waals surface area contributed by atoms with Crippen molar-refractivity contribution in [2.75, 3.05) is 19.7 Å². The number of aryl methyl sites for hydroxylation is 2. The first kappa shape index (κ1) is 13.8. The summed E-state index contributed by atoms with van der Waals surface area (Å²) in [5.74, 6) is 0.879. The van der Waals surface area contributed by atoms with Gasteiger partial charge in [-0.05, 0) is 32.4 Å². The van der Waals surface area contributed by atoms with Crippen LogP contribution >= 0.6 is 0 Å². The highest BCUT2D eigenvalue weighted by molar-refractivity contribution is 5.32. The van der Waals surface area contributed by atoms with Crippen LogP contribution in [-0.4, -0.2) is 29.5 Å². The van der Waals surface area contributed by atoms with Gasteiger partial charge in [0.15, 0.2) is 5.75 Å². The fraction of sp³-hybridized carbons (Fsp3) is 0.615. The maximum absolute atomic E-state index is 5.76. The summed E-state index contributed by atoms with van der Waals surface area (Å²) in [6, 6.07) is 0. The second-order valence-corrected chi connectivity index (χ2v) is 4.34. The number of hydrogen-bond acceptors (Lipinski definition) is 3. The van der Waals surface area contributed by atoms with Gasteiger partial charge in [0, 0.05) is 13.6 Å². The zero-order valence-corrected chi connectivity index (χ0v) is 11.3. The molecule has 0 amide bonds. The van der Waals surface area contributed by atoms with Crippen molar-refractivity contribution in [3.05, 3.63) is 23.5 Å². The Labute approximate surface area is 104 Å². The van der Waals surface area contributed by atoms with E-state index in [9.17, 15) is 0 Å². The quantitative estimate of drug-likeness (QED) is 0.582. The minimum atomic E-state index is 0.546. The molecular weight excluding hydrogens is 214 g/mol. The SMILES string of the molecule is C=C(CNCCC)COc1c(C)nn(C)c1C. The molecule has 0 aromatic carbocycles. The Kier molecular flexibility index (Phi) is 5.22. The molecule has 1 aromatic rings. The predicted octanol–water partition coefficient (Wildman–Crippen LogP) is 1.97. The van der Waals surface area contributed by atoms with Crippen molar-refractivity contribution in [3.63, 3.8) is 0 Å². The van der Waals surface area contributed by atoms with Crippen LogP contribution in [0.1, 0.15) is 24.7 Å². The highest BCUT2D eigenvalue weighted by atomic mass is 16.5. The van der Waals surface area contributed by atoms with E-state index in [1.54, 1.807) is 0 Å². The van der Waals surface area contributed by atoms with Crippen LogP contribution in [-0.2, 0) is 7.05 Å². The normalized spacial score (nSPS) is 10.6. The van der Waals surface area contributed by atoms with Crippen molar-refractivity contribution in [2.24, 2.45) is 7.05 Å². The molecule has 0 aliphatic carbocycles. The van der Waals surface area contributed by atoms with Gasteiger partial charge in [-0.25, -0.2) is 0 Å². The van der Waals surface area contributed by atoms with Crippen LogP contribution in [0.3, 0.4) is 0 Å². The van der Waals surface area contributed by atoms with Gasteiger partial charge in [-0.3, -0.25) is 4.68 Å². The molecule has 0 radical (unpaired) electrons. The van der Waals surface area contributed by atoms with Gasteiger partial charge in [0.05, 0.1) is 5.69 Å². The molecule has 0 fully saturated rings. The zero-order valence-electron chi connectivity index (χ0n) is 11.3. The largest absolute Gasteiger partial charge is 0.485 e. The Morgan fingerprint density at radius 1 is 1.47 bits per heavy atom. The fourth-order valence-corrected chi connectivity index (χ4v) is 1.63. The summed E-state index contributed by atoms with van der Waals surface area (Å²) < 4.78 is 7.59. The zero-order chi connectivity index (χ0) is 12.8. The Balaban J connectivity index is 2.42. The number of ether oxygens (including phenoxy) is 1. The third-order valence-electron chi connectivity index (χ3n) is 2.67. The van der Waals surface area contributed by atoms with Crippen LogP contribution in [0, 0.1) is 13.8 Å². The van der Waals surface area contributed by atoms with E-state index < -0.39 is 0 Å². The first-order chi connectivity index (χ1) is 8.06.